The quantitative estimate of drug-likeness (QED) is 0.182. The molecule has 1 atom stereocenters. The van der Waals surface area contributed by atoms with Crippen molar-refractivity contribution >= 4 is 77.2 Å². The Morgan fingerprint density at radius 1 is 0.460 bits per heavy atom. The molecule has 4 aromatic heterocycles. The van der Waals surface area contributed by atoms with Gasteiger partial charge >= 0.3 is 0 Å². The van der Waals surface area contributed by atoms with Crippen LogP contribution in [0.4, 0.5) is 0 Å². The maximum Gasteiger partial charge on any atom is 0.159 e. The molecule has 1 aliphatic rings. The van der Waals surface area contributed by atoms with Crippen molar-refractivity contribution in [1.29, 1.82) is 0 Å². The third kappa shape index (κ3) is 5.73. The monoisotopic (exact) mass is 808 g/mol. The zero-order valence-corrected chi connectivity index (χ0v) is 33.9. The van der Waals surface area contributed by atoms with Crippen LogP contribution in [-0.4, -0.2) is 15.4 Å². The average Bonchev–Trinajstić information content (AvgIpc) is 4.04. The molecule has 13 rings (SSSR count). The first-order valence-electron chi connectivity index (χ1n) is 21.3. The van der Waals surface area contributed by atoms with E-state index in [2.05, 4.69) is 168 Å². The molecule has 1 unspecified atom stereocenters. The number of aromatic nitrogens is 2. The molecular formula is C57H36N4O2. The Balaban J connectivity index is 0.898. The van der Waals surface area contributed by atoms with E-state index in [0.717, 1.165) is 106 Å². The zero-order valence-electron chi connectivity index (χ0n) is 33.9. The van der Waals surface area contributed by atoms with Gasteiger partial charge in [-0.15, -0.1) is 0 Å². The molecule has 63 heavy (non-hydrogen) atoms. The van der Waals surface area contributed by atoms with Crippen LogP contribution in [0.3, 0.4) is 0 Å². The minimum Gasteiger partial charge on any atom is -0.456 e. The van der Waals surface area contributed by atoms with Gasteiger partial charge in [0.1, 0.15) is 22.6 Å². The second-order valence-electron chi connectivity index (χ2n) is 16.2. The van der Waals surface area contributed by atoms with E-state index in [9.17, 15) is 0 Å². The van der Waals surface area contributed by atoms with Gasteiger partial charge in [-0.3, -0.25) is 4.98 Å². The number of aliphatic imine (C=N–C) groups is 1. The second-order valence-corrected chi connectivity index (χ2v) is 16.2. The fraction of sp³-hybridized carbons (Fsp3) is 0.0175. The Hall–Kier alpha value is -8.48. The number of hydrogen-bond acceptors (Lipinski definition) is 5. The summed E-state index contributed by atoms with van der Waals surface area (Å²) in [6.45, 7) is 0. The molecule has 1 N–H and O–H groups in total. The van der Waals surface area contributed by atoms with Crippen molar-refractivity contribution in [3.8, 4) is 28.1 Å². The first kappa shape index (κ1) is 35.3. The summed E-state index contributed by atoms with van der Waals surface area (Å²) < 4.78 is 15.4. The number of fused-ring (bicyclic) bond motifs is 9. The van der Waals surface area contributed by atoms with Gasteiger partial charge in [-0.1, -0.05) is 146 Å². The van der Waals surface area contributed by atoms with Crippen LogP contribution in [0.25, 0.3) is 99.5 Å². The molecule has 8 aromatic carbocycles. The highest BCUT2D eigenvalue weighted by molar-refractivity contribution is 6.15. The van der Waals surface area contributed by atoms with E-state index in [4.69, 9.17) is 18.8 Å². The summed E-state index contributed by atoms with van der Waals surface area (Å²) in [5.74, 6) is 0.850. The number of pyridine rings is 1. The third-order valence-corrected chi connectivity index (χ3v) is 12.5. The number of furan rings is 2. The van der Waals surface area contributed by atoms with Crippen molar-refractivity contribution in [2.24, 2.45) is 4.99 Å². The molecule has 0 radical (unpaired) electrons. The predicted molar refractivity (Wildman–Crippen MR) is 257 cm³/mol. The summed E-state index contributed by atoms with van der Waals surface area (Å²) in [6.07, 6.45) is 4.04. The maximum atomic E-state index is 6.54. The van der Waals surface area contributed by atoms with Gasteiger partial charge < -0.3 is 18.7 Å². The van der Waals surface area contributed by atoms with E-state index >= 15 is 0 Å². The van der Waals surface area contributed by atoms with Crippen molar-refractivity contribution in [3.05, 3.63) is 223 Å². The zero-order chi connectivity index (χ0) is 41.4. The van der Waals surface area contributed by atoms with Crippen LogP contribution in [-0.2, 0) is 0 Å². The Kier molecular flexibility index (Phi) is 7.87. The molecule has 0 amide bonds. The van der Waals surface area contributed by atoms with Gasteiger partial charge in [-0.25, -0.2) is 4.99 Å². The van der Waals surface area contributed by atoms with Gasteiger partial charge in [-0.2, -0.15) is 0 Å². The molecule has 0 saturated heterocycles. The minimum atomic E-state index is -0.0209. The Morgan fingerprint density at radius 3 is 1.98 bits per heavy atom. The minimum absolute atomic E-state index is 0.0209. The maximum absolute atomic E-state index is 6.54. The van der Waals surface area contributed by atoms with E-state index < -0.39 is 0 Å². The first-order valence-corrected chi connectivity index (χ1v) is 21.3. The van der Waals surface area contributed by atoms with E-state index in [-0.39, 0.29) is 6.04 Å². The van der Waals surface area contributed by atoms with Gasteiger partial charge in [0, 0.05) is 44.3 Å². The summed E-state index contributed by atoms with van der Waals surface area (Å²) in [4.78, 5) is 10.1. The van der Waals surface area contributed by atoms with Gasteiger partial charge in [0.15, 0.2) is 5.58 Å². The molecule has 6 heteroatoms. The summed E-state index contributed by atoms with van der Waals surface area (Å²) in [5.41, 5.74) is 15.0. The molecule has 1 aliphatic heterocycles. The van der Waals surface area contributed by atoms with Crippen LogP contribution in [0.2, 0.25) is 0 Å². The first-order chi connectivity index (χ1) is 31.2. The highest BCUT2D eigenvalue weighted by atomic mass is 16.3. The van der Waals surface area contributed by atoms with E-state index in [1.807, 2.05) is 48.7 Å². The topological polar surface area (TPSA) is 68.5 Å². The number of rotatable bonds is 6. The summed E-state index contributed by atoms with van der Waals surface area (Å²) >= 11 is 0. The second kappa shape index (κ2) is 14.0. The molecule has 5 heterocycles. The van der Waals surface area contributed by atoms with Crippen LogP contribution in [0.15, 0.2) is 220 Å². The molecule has 0 aliphatic carbocycles. The van der Waals surface area contributed by atoms with E-state index in [1.54, 1.807) is 0 Å². The third-order valence-electron chi connectivity index (χ3n) is 12.5. The van der Waals surface area contributed by atoms with Crippen LogP contribution in [0.5, 0.6) is 0 Å². The number of nitrogens with zero attached hydrogens (tertiary/aromatic N) is 3. The SMILES string of the molecule is C1=C(c2ccc(-c3nccc4oc5ccc(-c6ccc7c(c6)c6ccccc6n7-c6cccc7c6oc6ccccc67)cc5c34)cc2)N=C(c2ccccc2)NC1c1ccccc1. The fourth-order valence-corrected chi connectivity index (χ4v) is 9.52. The lowest BCUT2D eigenvalue weighted by Crippen LogP contribution is -2.31. The van der Waals surface area contributed by atoms with Crippen molar-refractivity contribution in [3.63, 3.8) is 0 Å². The molecule has 12 aromatic rings. The number of amidine groups is 1. The summed E-state index contributed by atoms with van der Waals surface area (Å²) in [7, 11) is 0. The molecule has 0 spiro atoms. The van der Waals surface area contributed by atoms with Crippen LogP contribution in [0, 0.1) is 0 Å². The molecule has 296 valence electrons. The van der Waals surface area contributed by atoms with E-state index in [1.165, 1.54) is 16.3 Å². The lowest BCUT2D eigenvalue weighted by molar-refractivity contribution is 0.666. The molecule has 0 fully saturated rings. The number of hydrogen-bond donors (Lipinski definition) is 1. The van der Waals surface area contributed by atoms with Crippen molar-refractivity contribution in [1.82, 2.24) is 14.9 Å². The van der Waals surface area contributed by atoms with Gasteiger partial charge in [0.2, 0.25) is 0 Å². The highest BCUT2D eigenvalue weighted by Gasteiger charge is 2.22. The van der Waals surface area contributed by atoms with Gasteiger partial charge in [-0.05, 0) is 76.9 Å². The molecule has 6 nitrogen and oxygen atoms in total. The molecular weight excluding hydrogens is 773 g/mol. The van der Waals surface area contributed by atoms with Crippen LogP contribution in [0.1, 0.15) is 22.7 Å². The average molecular weight is 809 g/mol. The summed E-state index contributed by atoms with van der Waals surface area (Å²) in [5, 5.41) is 10.3. The fourth-order valence-electron chi connectivity index (χ4n) is 9.52. The molecule has 0 saturated carbocycles. The normalized spacial score (nSPS) is 14.2. The summed E-state index contributed by atoms with van der Waals surface area (Å²) in [6, 6.07) is 67.9. The number of benzene rings is 8. The Labute approximate surface area is 361 Å². The Bertz CT molecular complexity index is 3820. The molecule has 0 bridgehead atoms. The largest absolute Gasteiger partial charge is 0.456 e. The van der Waals surface area contributed by atoms with Crippen molar-refractivity contribution in [2.75, 3.05) is 0 Å². The standard InChI is InChI=1S/C57H36N4O2/c1-3-12-35(13-4-1)46-34-47(60-57(59-46)38-14-5-2-6-15-38)36-22-24-37(25-23-36)55-54-45-33-40(27-29-52(45)62-53(54)30-31-58-55)39-26-28-49-44(32-39)41-16-7-9-19-48(41)61(49)50-20-11-18-43-42-17-8-10-21-51(42)63-56(43)50/h1-34,46H,(H,59,60). The van der Waals surface area contributed by atoms with Crippen LogP contribution < -0.4 is 5.32 Å². The van der Waals surface area contributed by atoms with Gasteiger partial charge in [0.25, 0.3) is 0 Å². The number of nitrogens with one attached hydrogen (secondary N) is 1. The van der Waals surface area contributed by atoms with Crippen molar-refractivity contribution < 1.29 is 8.83 Å². The van der Waals surface area contributed by atoms with E-state index in [0.29, 0.717) is 0 Å². The lowest BCUT2D eigenvalue weighted by atomic mass is 9.98. The van der Waals surface area contributed by atoms with Crippen molar-refractivity contribution in [2.45, 2.75) is 6.04 Å². The smallest absolute Gasteiger partial charge is 0.159 e. The van der Waals surface area contributed by atoms with Gasteiger partial charge in [0.05, 0.1) is 39.5 Å². The Morgan fingerprint density at radius 2 is 1.13 bits per heavy atom. The predicted octanol–water partition coefficient (Wildman–Crippen LogP) is 14.4. The lowest BCUT2D eigenvalue weighted by Gasteiger charge is -2.24. The number of para-hydroxylation sites is 3. The highest BCUT2D eigenvalue weighted by Crippen LogP contribution is 2.42. The van der Waals surface area contributed by atoms with Crippen LogP contribution >= 0.6 is 0 Å².